The van der Waals surface area contributed by atoms with Crippen LogP contribution in [0.1, 0.15) is 93.9 Å². The summed E-state index contributed by atoms with van der Waals surface area (Å²) in [5.74, 6) is -3.19. The van der Waals surface area contributed by atoms with E-state index in [9.17, 15) is 29.4 Å². The normalized spacial score (nSPS) is 10.2. The fourth-order valence-corrected chi connectivity index (χ4v) is 2.97. The second kappa shape index (κ2) is 22.1. The molecule has 31 heavy (non-hydrogen) atoms. The Balaban J connectivity index is -0.000000382. The van der Waals surface area contributed by atoms with E-state index in [0.717, 1.165) is 0 Å². The van der Waals surface area contributed by atoms with Gasteiger partial charge in [0.2, 0.25) is 0 Å². The molecule has 0 bridgehead atoms. The third-order valence-electron chi connectivity index (χ3n) is 4.09. The fraction of sp³-hybridized carbons (Fsp3) is 0.818. The zero-order chi connectivity index (χ0) is 25.0. The number of Topliss-reactive ketones (excluding diaryl/α,β-unsaturated/α-hetero) is 2. The van der Waals surface area contributed by atoms with Crippen LogP contribution in [0, 0.1) is 11.8 Å². The predicted molar refractivity (Wildman–Crippen MR) is 110 cm³/mol. The summed E-state index contributed by atoms with van der Waals surface area (Å²) in [7, 11) is 0. The zero-order valence-corrected chi connectivity index (χ0v) is 21.9. The van der Waals surface area contributed by atoms with Crippen LogP contribution in [0.4, 0.5) is 0 Å². The predicted octanol–water partition coefficient (Wildman–Crippen LogP) is 2.01. The molecule has 180 valence electrons. The van der Waals surface area contributed by atoms with E-state index < -0.39 is 44.7 Å². The molecule has 0 N–H and O–H groups in total. The number of carbonyl (C=O) groups excluding carboxylic acids is 4. The average molecular weight is 480 g/mol. The Labute approximate surface area is 197 Å². The Morgan fingerprint density at radius 3 is 1.06 bits per heavy atom. The van der Waals surface area contributed by atoms with Crippen LogP contribution in [0.5, 0.6) is 0 Å². The molecule has 0 aliphatic heterocycles. The van der Waals surface area contributed by atoms with Crippen LogP contribution in [0.2, 0.25) is 0 Å². The van der Waals surface area contributed by atoms with E-state index in [0.29, 0.717) is 37.9 Å². The summed E-state index contributed by atoms with van der Waals surface area (Å²) in [5.41, 5.74) is 0. The van der Waals surface area contributed by atoms with Gasteiger partial charge in [-0.3, -0.25) is 9.59 Å². The number of carboxylic acids is 2. The molecule has 0 aliphatic carbocycles. The zero-order valence-electron chi connectivity index (χ0n) is 20.3. The van der Waals surface area contributed by atoms with Crippen molar-refractivity contribution in [1.29, 1.82) is 0 Å². The molecule has 0 aromatic carbocycles. The molecule has 0 rings (SSSR count). The number of carbonyl (C=O) groups is 4. The molecule has 0 saturated carbocycles. The molecule has 0 saturated heterocycles. The molecule has 0 aromatic rings. The van der Waals surface area contributed by atoms with Crippen LogP contribution in [0.25, 0.3) is 0 Å². The molecule has 0 fully saturated rings. The van der Waals surface area contributed by atoms with Gasteiger partial charge in [0.05, 0.1) is 0 Å². The van der Waals surface area contributed by atoms with Crippen molar-refractivity contribution in [1.82, 2.24) is 0 Å². The molecule has 0 amide bonds. The molecule has 0 heterocycles. The summed E-state index contributed by atoms with van der Waals surface area (Å²) < 4.78 is 10.5. The van der Waals surface area contributed by atoms with Crippen LogP contribution < -0.4 is 10.2 Å². The van der Waals surface area contributed by atoms with Gasteiger partial charge < -0.3 is 19.8 Å². The molecular weight excluding hydrogens is 440 g/mol. The largest absolute Gasteiger partial charge is 0.550 e. The average Bonchev–Trinajstić information content (AvgIpc) is 2.63. The van der Waals surface area contributed by atoms with Crippen molar-refractivity contribution in [3.8, 4) is 0 Å². The number of aliphatic carboxylic acids is 2. The Kier molecular flexibility index (Phi) is 24.6. The Morgan fingerprint density at radius 2 is 0.903 bits per heavy atom. The van der Waals surface area contributed by atoms with E-state index in [1.165, 1.54) is 0 Å². The monoisotopic (exact) mass is 480 g/mol. The van der Waals surface area contributed by atoms with Gasteiger partial charge in [-0.2, -0.15) is 0 Å². The van der Waals surface area contributed by atoms with Gasteiger partial charge in [-0.25, -0.2) is 0 Å². The van der Waals surface area contributed by atoms with Crippen molar-refractivity contribution in [3.05, 3.63) is 0 Å². The first-order chi connectivity index (χ1) is 14.4. The van der Waals surface area contributed by atoms with Crippen molar-refractivity contribution in [2.75, 3.05) is 0 Å². The minimum Gasteiger partial charge on any atom is -0.550 e. The fourth-order valence-electron chi connectivity index (χ4n) is 2.28. The maximum atomic E-state index is 11.0. The van der Waals surface area contributed by atoms with Gasteiger partial charge in [-0.05, 0) is 25.7 Å². The van der Waals surface area contributed by atoms with Gasteiger partial charge in [0.25, 0.3) is 0 Å². The summed E-state index contributed by atoms with van der Waals surface area (Å²) >= 11 is -0.574. The van der Waals surface area contributed by atoms with E-state index in [1.807, 2.05) is 55.4 Å². The number of rotatable bonds is 14. The van der Waals surface area contributed by atoms with Crippen molar-refractivity contribution >= 4 is 23.5 Å². The van der Waals surface area contributed by atoms with Crippen LogP contribution in [-0.4, -0.2) is 35.7 Å². The third-order valence-corrected chi connectivity index (χ3v) is 5.86. The molecule has 0 atom stereocenters. The second-order valence-corrected chi connectivity index (χ2v) is 8.47. The molecule has 0 radical (unpaired) electrons. The number of hydrogen-bond donors (Lipinski definition) is 0. The molecule has 0 unspecified atom stereocenters. The summed E-state index contributed by atoms with van der Waals surface area (Å²) in [6.07, 6.45) is 2.61. The van der Waals surface area contributed by atoms with Crippen LogP contribution >= 0.6 is 0 Å². The Bertz CT molecular complexity index is 454. The van der Waals surface area contributed by atoms with Crippen molar-refractivity contribution in [3.63, 3.8) is 0 Å². The first-order valence-corrected chi connectivity index (χ1v) is 12.1. The van der Waals surface area contributed by atoms with E-state index in [2.05, 4.69) is 0 Å². The standard InChI is InChI=1S/2C8H14O3.2C3H7O.Ti/c2*1-3-6(4-2)7(9)5-8(10)11;2*1-3(2)4;/h2*6H,3-5H2,1-2H3,(H,10,11);2*3H,1-2H3;/q;;2*-1;+4/p-2. The Morgan fingerprint density at radius 1 is 0.645 bits per heavy atom. The molecule has 8 nitrogen and oxygen atoms in total. The summed E-state index contributed by atoms with van der Waals surface area (Å²) in [4.78, 5) is 42.0. The van der Waals surface area contributed by atoms with E-state index in [1.54, 1.807) is 0 Å². The van der Waals surface area contributed by atoms with Gasteiger partial charge in [0.1, 0.15) is 11.6 Å². The van der Waals surface area contributed by atoms with Crippen molar-refractivity contribution < 1.29 is 56.0 Å². The maximum Gasteiger partial charge on any atom is 0.141 e. The Hall–Kier alpha value is -1.09. The van der Waals surface area contributed by atoms with Gasteiger partial charge in [-0.1, -0.05) is 27.7 Å². The topological polar surface area (TPSA) is 133 Å². The third kappa shape index (κ3) is 25.1. The van der Waals surface area contributed by atoms with Gasteiger partial charge >= 0.3 is 66.5 Å². The SMILES string of the molecule is CC(C)[O][Ti+2][O]C(C)C.CCC(CC)C(=O)CC(=O)[O-].CCC(CC)C(=O)CC(=O)[O-]. The molecular formula is C22H40O8Ti. The number of ketones is 2. The number of carboxylic acid groups (broad SMARTS) is 2. The summed E-state index contributed by atoms with van der Waals surface area (Å²) in [6, 6.07) is 0. The minimum atomic E-state index is -1.28. The minimum absolute atomic E-state index is 0.104. The quantitative estimate of drug-likeness (QED) is 0.272. The first kappa shape index (κ1) is 34.5. The van der Waals surface area contributed by atoms with Gasteiger partial charge in [-0.15, -0.1) is 0 Å². The van der Waals surface area contributed by atoms with Crippen molar-refractivity contribution in [2.45, 2.75) is 106 Å². The molecule has 0 aromatic heterocycles. The van der Waals surface area contributed by atoms with Gasteiger partial charge in [0, 0.05) is 36.6 Å². The second-order valence-electron chi connectivity index (χ2n) is 7.47. The maximum absolute atomic E-state index is 11.0. The van der Waals surface area contributed by atoms with Crippen molar-refractivity contribution in [2.24, 2.45) is 11.8 Å². The molecule has 0 spiro atoms. The summed E-state index contributed by atoms with van der Waals surface area (Å²) in [5, 5.41) is 20.0. The van der Waals surface area contributed by atoms with E-state index in [4.69, 9.17) is 6.64 Å². The molecule has 0 aliphatic rings. The first-order valence-electron chi connectivity index (χ1n) is 10.9. The van der Waals surface area contributed by atoms with Gasteiger partial charge in [0.15, 0.2) is 0 Å². The van der Waals surface area contributed by atoms with Crippen LogP contribution in [-0.2, 0) is 45.7 Å². The summed E-state index contributed by atoms with van der Waals surface area (Å²) in [6.45, 7) is 15.6. The van der Waals surface area contributed by atoms with Crippen LogP contribution in [0.15, 0.2) is 0 Å². The smallest absolute Gasteiger partial charge is 0.141 e. The number of hydrogen-bond acceptors (Lipinski definition) is 8. The molecule has 9 heteroatoms. The van der Waals surface area contributed by atoms with Crippen LogP contribution in [0.3, 0.4) is 0 Å². The van der Waals surface area contributed by atoms with E-state index in [-0.39, 0.29) is 23.4 Å². The van der Waals surface area contributed by atoms with E-state index >= 15 is 0 Å².